The van der Waals surface area contributed by atoms with Gasteiger partial charge in [-0.25, -0.2) is 0 Å². The Hall–Kier alpha value is -4.33. The number of esters is 2. The Bertz CT molecular complexity index is 1460. The van der Waals surface area contributed by atoms with Gasteiger partial charge in [0.15, 0.2) is 28.6 Å². The Morgan fingerprint density at radius 2 is 1.61 bits per heavy atom. The van der Waals surface area contributed by atoms with Crippen LogP contribution in [0.15, 0.2) is 39.5 Å². The Morgan fingerprint density at radius 3 is 2.24 bits per heavy atom. The summed E-state index contributed by atoms with van der Waals surface area (Å²) in [5.41, 5.74) is -1.39. The van der Waals surface area contributed by atoms with Crippen LogP contribution in [0.1, 0.15) is 25.5 Å². The minimum atomic E-state index is -1.80. The first-order valence-electron chi connectivity index (χ1n) is 11.3. The number of fused-ring (bicyclic) bond motifs is 1. The molecule has 0 aliphatic carbocycles. The fraction of sp³-hybridized carbons (Fsp3) is 0.320. The first kappa shape index (κ1) is 26.7. The molecule has 1 aliphatic heterocycles. The lowest BCUT2D eigenvalue weighted by atomic mass is 9.89. The van der Waals surface area contributed by atoms with Gasteiger partial charge in [-0.15, -0.1) is 0 Å². The molecule has 2 heterocycles. The predicted octanol–water partition coefficient (Wildman–Crippen LogP) is 0.939. The maximum Gasteiger partial charge on any atom is 0.303 e. The van der Waals surface area contributed by atoms with Crippen LogP contribution < -0.4 is 5.43 Å². The number of carbonyl (C=O) groups excluding carboxylic acids is 2. The number of ether oxygens (including phenoxy) is 3. The molecule has 0 unspecified atom stereocenters. The van der Waals surface area contributed by atoms with Gasteiger partial charge < -0.3 is 49.3 Å². The normalized spacial score (nSPS) is 23.2. The summed E-state index contributed by atoms with van der Waals surface area (Å²) in [6.07, 6.45) is -8.08. The first-order valence-corrected chi connectivity index (χ1v) is 11.3. The molecule has 202 valence electrons. The van der Waals surface area contributed by atoms with Gasteiger partial charge in [-0.2, -0.15) is 0 Å². The van der Waals surface area contributed by atoms with Gasteiger partial charge in [-0.1, -0.05) is 0 Å². The van der Waals surface area contributed by atoms with Crippen LogP contribution in [0.2, 0.25) is 0 Å². The van der Waals surface area contributed by atoms with Gasteiger partial charge in [0, 0.05) is 31.5 Å². The summed E-state index contributed by atoms with van der Waals surface area (Å²) in [6.45, 7) is 1.63. The van der Waals surface area contributed by atoms with E-state index >= 15 is 0 Å². The highest BCUT2D eigenvalue weighted by Crippen LogP contribution is 2.45. The predicted molar refractivity (Wildman–Crippen MR) is 126 cm³/mol. The average molecular weight is 532 g/mol. The summed E-state index contributed by atoms with van der Waals surface area (Å²) in [5, 5.41) is 61.7. The van der Waals surface area contributed by atoms with E-state index in [0.717, 1.165) is 38.1 Å². The second-order valence-corrected chi connectivity index (χ2v) is 8.66. The molecule has 38 heavy (non-hydrogen) atoms. The maximum absolute atomic E-state index is 13.0. The maximum atomic E-state index is 13.0. The SMILES string of the molecule is CC(=O)OC[C@@H]1O[C@H](c2c(O)cc(O)c3c(=O)cc(-c4ccc(O)c(O)c4)oc23)[C@@H](OC(C)=O)[C@@H](O)[C@H]1O. The molecule has 1 aromatic heterocycles. The molecule has 5 atom stereocenters. The summed E-state index contributed by atoms with van der Waals surface area (Å²) in [5.74, 6) is -4.02. The highest BCUT2D eigenvalue weighted by atomic mass is 16.6. The number of phenols is 4. The van der Waals surface area contributed by atoms with Crippen molar-refractivity contribution in [2.24, 2.45) is 0 Å². The van der Waals surface area contributed by atoms with Gasteiger partial charge in [0.25, 0.3) is 0 Å². The lowest BCUT2D eigenvalue weighted by Crippen LogP contribution is -2.56. The lowest BCUT2D eigenvalue weighted by Gasteiger charge is -2.42. The van der Waals surface area contributed by atoms with Gasteiger partial charge in [0.05, 0.1) is 5.56 Å². The smallest absolute Gasteiger partial charge is 0.303 e. The molecule has 1 fully saturated rings. The third-order valence-corrected chi connectivity index (χ3v) is 5.98. The molecule has 0 spiro atoms. The lowest BCUT2D eigenvalue weighted by molar-refractivity contribution is -0.242. The Morgan fingerprint density at radius 1 is 0.895 bits per heavy atom. The van der Waals surface area contributed by atoms with Crippen molar-refractivity contribution in [2.45, 2.75) is 44.4 Å². The number of hydrogen-bond acceptors (Lipinski definition) is 13. The minimum absolute atomic E-state index is 0.136. The number of carbonyl (C=O) groups is 2. The van der Waals surface area contributed by atoms with Crippen LogP contribution in [0, 0.1) is 0 Å². The van der Waals surface area contributed by atoms with Crippen LogP contribution in [0.5, 0.6) is 23.0 Å². The topological polar surface area (TPSA) is 213 Å². The Labute approximate surface area is 213 Å². The Balaban J connectivity index is 1.95. The van der Waals surface area contributed by atoms with Crippen molar-refractivity contribution in [3.8, 4) is 34.3 Å². The number of benzene rings is 2. The molecule has 0 radical (unpaired) electrons. The van der Waals surface area contributed by atoms with Crippen molar-refractivity contribution < 1.29 is 58.9 Å². The van der Waals surface area contributed by atoms with Crippen molar-refractivity contribution in [1.29, 1.82) is 0 Å². The summed E-state index contributed by atoms with van der Waals surface area (Å²) < 4.78 is 21.8. The molecule has 0 bridgehead atoms. The van der Waals surface area contributed by atoms with Gasteiger partial charge >= 0.3 is 11.9 Å². The van der Waals surface area contributed by atoms with Crippen molar-refractivity contribution in [1.82, 2.24) is 0 Å². The number of rotatable bonds is 5. The van der Waals surface area contributed by atoms with E-state index in [4.69, 9.17) is 18.6 Å². The highest BCUT2D eigenvalue weighted by molar-refractivity contribution is 5.89. The second kappa shape index (κ2) is 10.2. The quantitative estimate of drug-likeness (QED) is 0.200. The number of aromatic hydroxyl groups is 4. The van der Waals surface area contributed by atoms with Gasteiger partial charge in [0.1, 0.15) is 53.7 Å². The number of hydrogen-bond donors (Lipinski definition) is 6. The third kappa shape index (κ3) is 4.94. The summed E-state index contributed by atoms with van der Waals surface area (Å²) in [4.78, 5) is 36.2. The summed E-state index contributed by atoms with van der Waals surface area (Å²) >= 11 is 0. The summed E-state index contributed by atoms with van der Waals surface area (Å²) in [6, 6.07) is 5.41. The minimum Gasteiger partial charge on any atom is -0.507 e. The van der Waals surface area contributed by atoms with E-state index in [1.807, 2.05) is 0 Å². The third-order valence-electron chi connectivity index (χ3n) is 5.98. The molecule has 1 saturated heterocycles. The molecular formula is C25H24O13. The van der Waals surface area contributed by atoms with Crippen molar-refractivity contribution in [3.05, 3.63) is 46.1 Å². The molecule has 0 amide bonds. The van der Waals surface area contributed by atoms with Gasteiger partial charge in [-0.3, -0.25) is 14.4 Å². The van der Waals surface area contributed by atoms with E-state index in [0.29, 0.717) is 0 Å². The monoisotopic (exact) mass is 532 g/mol. The standard InChI is InChI=1S/C25H24O13/c1-9(26)35-8-18-21(33)22(34)25(36-10(2)27)24(38-18)20-15(31)6-14(30)19-16(32)7-17(37-23(19)20)11-3-4-12(28)13(29)5-11/h3-7,18,21-22,24-25,28-31,33-34H,8H2,1-2H3/t18-,21-,22-,24+,25-/m0/s1. The van der Waals surface area contributed by atoms with E-state index in [1.54, 1.807) is 0 Å². The molecule has 2 aromatic carbocycles. The van der Waals surface area contributed by atoms with E-state index in [1.165, 1.54) is 6.07 Å². The van der Waals surface area contributed by atoms with Crippen LogP contribution in [-0.4, -0.2) is 73.6 Å². The van der Waals surface area contributed by atoms with Crippen molar-refractivity contribution >= 4 is 22.9 Å². The van der Waals surface area contributed by atoms with Crippen LogP contribution in [-0.2, 0) is 23.8 Å². The summed E-state index contributed by atoms with van der Waals surface area (Å²) in [7, 11) is 0. The van der Waals surface area contributed by atoms with Crippen LogP contribution in [0.4, 0.5) is 0 Å². The molecule has 1 aliphatic rings. The molecule has 6 N–H and O–H groups in total. The van der Waals surface area contributed by atoms with Crippen molar-refractivity contribution in [2.75, 3.05) is 6.61 Å². The van der Waals surface area contributed by atoms with E-state index in [-0.39, 0.29) is 16.9 Å². The van der Waals surface area contributed by atoms with E-state index in [9.17, 15) is 45.0 Å². The molecule has 13 nitrogen and oxygen atoms in total. The van der Waals surface area contributed by atoms with E-state index < -0.39 is 88.5 Å². The zero-order valence-corrected chi connectivity index (χ0v) is 20.0. The van der Waals surface area contributed by atoms with Crippen molar-refractivity contribution in [3.63, 3.8) is 0 Å². The first-order chi connectivity index (χ1) is 17.9. The zero-order chi connectivity index (χ0) is 27.9. The van der Waals surface area contributed by atoms with Gasteiger partial charge in [0.2, 0.25) is 0 Å². The largest absolute Gasteiger partial charge is 0.507 e. The molecule has 0 saturated carbocycles. The van der Waals surface area contributed by atoms with Crippen LogP contribution >= 0.6 is 0 Å². The molecule has 3 aromatic rings. The molecule has 4 rings (SSSR count). The number of phenolic OH excluding ortho intramolecular Hbond substituents is 4. The zero-order valence-electron chi connectivity index (χ0n) is 20.0. The fourth-order valence-electron chi connectivity index (χ4n) is 4.25. The fourth-order valence-corrected chi connectivity index (χ4v) is 4.25. The average Bonchev–Trinajstić information content (AvgIpc) is 2.83. The number of aliphatic hydroxyl groups is 2. The van der Waals surface area contributed by atoms with Gasteiger partial charge in [-0.05, 0) is 18.2 Å². The van der Waals surface area contributed by atoms with Crippen LogP contribution in [0.3, 0.4) is 0 Å². The Kier molecular flexibility index (Phi) is 7.18. The second-order valence-electron chi connectivity index (χ2n) is 8.66. The number of aliphatic hydroxyl groups excluding tert-OH is 2. The van der Waals surface area contributed by atoms with E-state index in [2.05, 4.69) is 0 Å². The van der Waals surface area contributed by atoms with Crippen LogP contribution in [0.25, 0.3) is 22.3 Å². The molecular weight excluding hydrogens is 508 g/mol. The highest BCUT2D eigenvalue weighted by Gasteiger charge is 2.49. The molecule has 13 heteroatoms.